The Kier molecular flexibility index (Phi) is 7.06. The van der Waals surface area contributed by atoms with Gasteiger partial charge in [0.2, 0.25) is 5.82 Å². The highest BCUT2D eigenvalue weighted by Gasteiger charge is 2.23. The van der Waals surface area contributed by atoms with Gasteiger partial charge in [0.25, 0.3) is 5.91 Å². The third kappa shape index (κ3) is 5.21. The maximum atomic E-state index is 13.4. The number of ether oxygens (including phenoxy) is 1. The fourth-order valence-electron chi connectivity index (χ4n) is 2.81. The van der Waals surface area contributed by atoms with Gasteiger partial charge in [0.05, 0.1) is 17.2 Å². The van der Waals surface area contributed by atoms with Crippen LogP contribution in [0.1, 0.15) is 21.6 Å². The number of esters is 1. The standard InChI is InChI=1S/C20H15Cl2FN4O5/c1-11-18(19(22)26(25-11)9-12-4-2-3-5-14(12)21)20(29)32-10-17(28)24-13-6-7-15(23)16(8-13)27(30)31/h2-8H,9-10H2,1H3,(H,24,28). The summed E-state index contributed by atoms with van der Waals surface area (Å²) in [5.41, 5.74) is 0.200. The largest absolute Gasteiger partial charge is 0.452 e. The molecule has 0 spiro atoms. The molecule has 2 aromatic carbocycles. The number of nitro groups is 1. The number of nitro benzene ring substituents is 1. The molecule has 32 heavy (non-hydrogen) atoms. The maximum Gasteiger partial charge on any atom is 0.343 e. The van der Waals surface area contributed by atoms with E-state index in [1.807, 2.05) is 0 Å². The second-order valence-electron chi connectivity index (χ2n) is 6.55. The zero-order chi connectivity index (χ0) is 23.4. The normalized spacial score (nSPS) is 10.6. The smallest absolute Gasteiger partial charge is 0.343 e. The van der Waals surface area contributed by atoms with Crippen LogP contribution in [0.2, 0.25) is 10.2 Å². The van der Waals surface area contributed by atoms with E-state index in [1.165, 1.54) is 4.68 Å². The van der Waals surface area contributed by atoms with Crippen LogP contribution in [0.4, 0.5) is 15.8 Å². The van der Waals surface area contributed by atoms with Crippen molar-refractivity contribution >= 4 is 46.5 Å². The SMILES string of the molecule is Cc1nn(Cc2ccccc2Cl)c(Cl)c1C(=O)OCC(=O)Nc1ccc(F)c([N+](=O)[O-])c1. The number of carbonyl (C=O) groups excluding carboxylic acids is 2. The molecule has 3 aromatic rings. The monoisotopic (exact) mass is 480 g/mol. The zero-order valence-electron chi connectivity index (χ0n) is 16.5. The molecule has 0 saturated heterocycles. The number of nitrogens with zero attached hydrogens (tertiary/aromatic N) is 3. The highest BCUT2D eigenvalue weighted by Crippen LogP contribution is 2.24. The average molecular weight is 481 g/mol. The number of nitrogens with one attached hydrogen (secondary N) is 1. The van der Waals surface area contributed by atoms with E-state index in [9.17, 15) is 24.1 Å². The van der Waals surface area contributed by atoms with Gasteiger partial charge in [0.15, 0.2) is 6.61 Å². The Morgan fingerprint density at radius 3 is 2.66 bits per heavy atom. The lowest BCUT2D eigenvalue weighted by Gasteiger charge is -2.07. The van der Waals surface area contributed by atoms with Gasteiger partial charge < -0.3 is 10.1 Å². The first-order chi connectivity index (χ1) is 15.2. The summed E-state index contributed by atoms with van der Waals surface area (Å²) in [5, 5.41) is 17.8. The van der Waals surface area contributed by atoms with Gasteiger partial charge in [-0.05, 0) is 30.7 Å². The molecule has 0 radical (unpaired) electrons. The van der Waals surface area contributed by atoms with E-state index in [4.69, 9.17) is 27.9 Å². The number of amides is 1. The number of benzene rings is 2. The Morgan fingerprint density at radius 1 is 1.25 bits per heavy atom. The Labute approximate surface area is 190 Å². The Hall–Kier alpha value is -3.50. The molecule has 0 aliphatic heterocycles. The maximum absolute atomic E-state index is 13.4. The van der Waals surface area contributed by atoms with Crippen molar-refractivity contribution in [1.29, 1.82) is 0 Å². The number of hydrogen-bond acceptors (Lipinski definition) is 6. The molecular weight excluding hydrogens is 466 g/mol. The van der Waals surface area contributed by atoms with Gasteiger partial charge >= 0.3 is 11.7 Å². The number of aryl methyl sites for hydroxylation is 1. The van der Waals surface area contributed by atoms with Gasteiger partial charge in [-0.1, -0.05) is 41.4 Å². The van der Waals surface area contributed by atoms with Gasteiger partial charge in [-0.25, -0.2) is 9.48 Å². The summed E-state index contributed by atoms with van der Waals surface area (Å²) in [4.78, 5) is 34.4. The van der Waals surface area contributed by atoms with E-state index >= 15 is 0 Å². The van der Waals surface area contributed by atoms with Crippen molar-refractivity contribution in [1.82, 2.24) is 9.78 Å². The molecule has 12 heteroatoms. The number of rotatable bonds is 7. The molecule has 166 valence electrons. The molecule has 0 fully saturated rings. The lowest BCUT2D eigenvalue weighted by Crippen LogP contribution is -2.21. The molecule has 9 nitrogen and oxygen atoms in total. The van der Waals surface area contributed by atoms with Crippen LogP contribution in [0, 0.1) is 22.9 Å². The van der Waals surface area contributed by atoms with Gasteiger partial charge in [0.1, 0.15) is 10.7 Å². The van der Waals surface area contributed by atoms with Crippen LogP contribution in [0.5, 0.6) is 0 Å². The summed E-state index contributed by atoms with van der Waals surface area (Å²) in [6.45, 7) is 1.08. The number of carbonyl (C=O) groups is 2. The number of anilines is 1. The molecule has 0 aliphatic rings. The molecule has 3 rings (SSSR count). The van der Waals surface area contributed by atoms with Gasteiger partial charge in [0, 0.05) is 16.8 Å². The molecular formula is C20H15Cl2FN4O5. The van der Waals surface area contributed by atoms with Crippen molar-refractivity contribution in [2.75, 3.05) is 11.9 Å². The number of aromatic nitrogens is 2. The van der Waals surface area contributed by atoms with Crippen molar-refractivity contribution in [3.8, 4) is 0 Å². The summed E-state index contributed by atoms with van der Waals surface area (Å²) in [6, 6.07) is 9.92. The fourth-order valence-corrected chi connectivity index (χ4v) is 3.32. The summed E-state index contributed by atoms with van der Waals surface area (Å²) >= 11 is 12.4. The lowest BCUT2D eigenvalue weighted by atomic mass is 10.2. The van der Waals surface area contributed by atoms with Crippen LogP contribution in [0.25, 0.3) is 0 Å². The van der Waals surface area contributed by atoms with Crippen LogP contribution >= 0.6 is 23.2 Å². The molecule has 0 atom stereocenters. The predicted molar refractivity (Wildman–Crippen MR) is 114 cm³/mol. The van der Waals surface area contributed by atoms with Crippen molar-refractivity contribution in [3.05, 3.63) is 85.4 Å². The summed E-state index contributed by atoms with van der Waals surface area (Å²) < 4.78 is 19.8. The van der Waals surface area contributed by atoms with E-state index in [1.54, 1.807) is 31.2 Å². The van der Waals surface area contributed by atoms with E-state index in [-0.39, 0.29) is 22.9 Å². The zero-order valence-corrected chi connectivity index (χ0v) is 18.0. The number of halogens is 3. The van der Waals surface area contributed by atoms with Crippen molar-refractivity contribution in [2.24, 2.45) is 0 Å². The first-order valence-electron chi connectivity index (χ1n) is 9.04. The Bertz CT molecular complexity index is 1210. The van der Waals surface area contributed by atoms with Crippen LogP contribution in [0.3, 0.4) is 0 Å². The molecule has 1 N–H and O–H groups in total. The van der Waals surface area contributed by atoms with Gasteiger partial charge in [-0.15, -0.1) is 0 Å². The minimum atomic E-state index is -1.04. The van der Waals surface area contributed by atoms with E-state index in [2.05, 4.69) is 10.4 Å². The lowest BCUT2D eigenvalue weighted by molar-refractivity contribution is -0.387. The molecule has 1 heterocycles. The van der Waals surface area contributed by atoms with E-state index in [0.717, 1.165) is 23.8 Å². The van der Waals surface area contributed by atoms with Crippen LogP contribution < -0.4 is 5.32 Å². The minimum absolute atomic E-state index is 0.0102. The van der Waals surface area contributed by atoms with Crippen LogP contribution in [-0.2, 0) is 16.1 Å². The van der Waals surface area contributed by atoms with Crippen LogP contribution in [0.15, 0.2) is 42.5 Å². The van der Waals surface area contributed by atoms with Crippen molar-refractivity contribution in [3.63, 3.8) is 0 Å². The van der Waals surface area contributed by atoms with Crippen molar-refractivity contribution < 1.29 is 23.6 Å². The average Bonchev–Trinajstić information content (AvgIpc) is 3.02. The molecule has 1 amide bonds. The highest BCUT2D eigenvalue weighted by atomic mass is 35.5. The first-order valence-corrected chi connectivity index (χ1v) is 9.80. The van der Waals surface area contributed by atoms with E-state index in [0.29, 0.717) is 10.7 Å². The van der Waals surface area contributed by atoms with E-state index < -0.39 is 34.9 Å². The quantitative estimate of drug-likeness (QED) is 0.304. The molecule has 0 aliphatic carbocycles. The second-order valence-corrected chi connectivity index (χ2v) is 7.31. The van der Waals surface area contributed by atoms with Gasteiger partial charge in [-0.3, -0.25) is 14.9 Å². The molecule has 0 saturated carbocycles. The Balaban J connectivity index is 1.66. The predicted octanol–water partition coefficient (Wildman–Crippen LogP) is 4.39. The fraction of sp³-hybridized carbons (Fsp3) is 0.150. The summed E-state index contributed by atoms with van der Waals surface area (Å²) in [5.74, 6) is -2.70. The molecule has 0 bridgehead atoms. The highest BCUT2D eigenvalue weighted by molar-refractivity contribution is 6.33. The molecule has 1 aromatic heterocycles. The third-order valence-corrected chi connectivity index (χ3v) is 5.06. The molecule has 0 unspecified atom stereocenters. The van der Waals surface area contributed by atoms with Crippen LogP contribution in [-0.4, -0.2) is 33.2 Å². The topological polar surface area (TPSA) is 116 Å². The van der Waals surface area contributed by atoms with Crippen molar-refractivity contribution in [2.45, 2.75) is 13.5 Å². The summed E-state index contributed by atoms with van der Waals surface area (Å²) in [6.07, 6.45) is 0. The van der Waals surface area contributed by atoms with Gasteiger partial charge in [-0.2, -0.15) is 9.49 Å². The number of hydrogen-bond donors (Lipinski definition) is 1. The summed E-state index contributed by atoms with van der Waals surface area (Å²) in [7, 11) is 0. The second kappa shape index (κ2) is 9.75. The first kappa shape index (κ1) is 23.2. The Morgan fingerprint density at radius 2 is 1.97 bits per heavy atom. The minimum Gasteiger partial charge on any atom is -0.452 e. The third-order valence-electron chi connectivity index (χ3n) is 4.31.